The molecule has 0 spiro atoms. The summed E-state index contributed by atoms with van der Waals surface area (Å²) in [5, 5.41) is 2.72. The second-order valence-electron chi connectivity index (χ2n) is 4.79. The Morgan fingerprint density at radius 3 is 2.65 bits per heavy atom. The Bertz CT molecular complexity index is 563. The summed E-state index contributed by atoms with van der Waals surface area (Å²) in [6.07, 6.45) is 0.620. The first-order valence-corrected chi connectivity index (χ1v) is 6.19. The van der Waals surface area contributed by atoms with E-state index in [9.17, 15) is 18.4 Å². The first kappa shape index (κ1) is 14.2. The molecule has 1 aliphatic heterocycles. The molecular formula is C13H15F2N3O2. The number of halogens is 2. The molecule has 0 bridgehead atoms. The van der Waals surface area contributed by atoms with Crippen LogP contribution in [0.2, 0.25) is 0 Å². The Balaban J connectivity index is 2.13. The molecule has 2 amide bonds. The van der Waals surface area contributed by atoms with E-state index in [1.165, 1.54) is 11.8 Å². The second-order valence-corrected chi connectivity index (χ2v) is 4.79. The van der Waals surface area contributed by atoms with Gasteiger partial charge in [-0.3, -0.25) is 9.59 Å². The summed E-state index contributed by atoms with van der Waals surface area (Å²) >= 11 is 0. The van der Waals surface area contributed by atoms with Gasteiger partial charge in [0.15, 0.2) is 11.6 Å². The average Bonchev–Trinajstić information content (AvgIpc) is 2.80. The molecule has 1 fully saturated rings. The summed E-state index contributed by atoms with van der Waals surface area (Å²) in [6, 6.07) is 1.48. The van der Waals surface area contributed by atoms with Crippen LogP contribution in [0.25, 0.3) is 0 Å². The molecule has 1 atom stereocenters. The van der Waals surface area contributed by atoms with Gasteiger partial charge in [0, 0.05) is 37.8 Å². The van der Waals surface area contributed by atoms with E-state index in [-0.39, 0.29) is 23.2 Å². The minimum absolute atomic E-state index is 0.0626. The van der Waals surface area contributed by atoms with Crippen molar-refractivity contribution in [2.75, 3.05) is 18.8 Å². The molecule has 2 rings (SSSR count). The van der Waals surface area contributed by atoms with Crippen LogP contribution in [0, 0.1) is 11.6 Å². The molecule has 1 saturated heterocycles. The SMILES string of the molecule is CC(=O)NC1CCN(C(=O)c2cc(F)c(F)cc2N)C1. The number of anilines is 1. The summed E-state index contributed by atoms with van der Waals surface area (Å²) in [5.74, 6) is -2.83. The number of rotatable bonds is 2. The maximum atomic E-state index is 13.2. The van der Waals surface area contributed by atoms with E-state index in [0.717, 1.165) is 12.1 Å². The van der Waals surface area contributed by atoms with E-state index in [2.05, 4.69) is 5.32 Å². The number of nitrogens with zero attached hydrogens (tertiary/aromatic N) is 1. The van der Waals surface area contributed by atoms with Crippen LogP contribution < -0.4 is 11.1 Å². The highest BCUT2D eigenvalue weighted by atomic mass is 19.2. The van der Waals surface area contributed by atoms with E-state index in [4.69, 9.17) is 5.73 Å². The zero-order valence-electron chi connectivity index (χ0n) is 11.0. The maximum Gasteiger partial charge on any atom is 0.256 e. The minimum Gasteiger partial charge on any atom is -0.398 e. The summed E-state index contributed by atoms with van der Waals surface area (Å²) in [4.78, 5) is 24.6. The summed E-state index contributed by atoms with van der Waals surface area (Å²) in [7, 11) is 0. The topological polar surface area (TPSA) is 75.4 Å². The van der Waals surface area contributed by atoms with Crippen molar-refractivity contribution < 1.29 is 18.4 Å². The van der Waals surface area contributed by atoms with Crippen LogP contribution in [-0.2, 0) is 4.79 Å². The Hall–Kier alpha value is -2.18. The molecule has 0 radical (unpaired) electrons. The van der Waals surface area contributed by atoms with E-state index in [1.807, 2.05) is 0 Å². The van der Waals surface area contributed by atoms with Gasteiger partial charge in [-0.05, 0) is 12.5 Å². The molecule has 5 nitrogen and oxygen atoms in total. The van der Waals surface area contributed by atoms with Gasteiger partial charge < -0.3 is 16.0 Å². The van der Waals surface area contributed by atoms with Gasteiger partial charge in [0.1, 0.15) is 0 Å². The summed E-state index contributed by atoms with van der Waals surface area (Å²) in [5.41, 5.74) is 5.39. The van der Waals surface area contributed by atoms with Gasteiger partial charge in [-0.15, -0.1) is 0 Å². The number of likely N-dealkylation sites (tertiary alicyclic amines) is 1. The maximum absolute atomic E-state index is 13.2. The van der Waals surface area contributed by atoms with Crippen LogP contribution in [0.15, 0.2) is 12.1 Å². The first-order valence-electron chi connectivity index (χ1n) is 6.19. The average molecular weight is 283 g/mol. The fourth-order valence-electron chi connectivity index (χ4n) is 2.27. The van der Waals surface area contributed by atoms with E-state index in [0.29, 0.717) is 19.5 Å². The Kier molecular flexibility index (Phi) is 3.87. The standard InChI is InChI=1S/C13H15F2N3O2/c1-7(19)17-8-2-3-18(6-8)13(20)9-4-10(14)11(15)5-12(9)16/h4-5,8H,2-3,6,16H2,1H3,(H,17,19). The number of carbonyl (C=O) groups is 2. The predicted molar refractivity (Wildman–Crippen MR) is 68.9 cm³/mol. The van der Waals surface area contributed by atoms with Crippen molar-refractivity contribution in [3.8, 4) is 0 Å². The number of nitrogens with one attached hydrogen (secondary N) is 1. The lowest BCUT2D eigenvalue weighted by atomic mass is 10.1. The zero-order valence-corrected chi connectivity index (χ0v) is 11.0. The Morgan fingerprint density at radius 2 is 2.00 bits per heavy atom. The number of hydrogen-bond donors (Lipinski definition) is 2. The van der Waals surface area contributed by atoms with Gasteiger partial charge in [0.25, 0.3) is 5.91 Å². The van der Waals surface area contributed by atoms with Crippen LogP contribution in [0.3, 0.4) is 0 Å². The van der Waals surface area contributed by atoms with E-state index < -0.39 is 17.5 Å². The fourth-order valence-corrected chi connectivity index (χ4v) is 2.27. The number of nitrogens with two attached hydrogens (primary N) is 1. The smallest absolute Gasteiger partial charge is 0.256 e. The summed E-state index contributed by atoms with van der Waals surface area (Å²) in [6.45, 7) is 2.16. The number of benzene rings is 1. The molecule has 108 valence electrons. The Labute approximate surface area is 114 Å². The number of nitrogen functional groups attached to an aromatic ring is 1. The normalized spacial score (nSPS) is 18.1. The molecular weight excluding hydrogens is 268 g/mol. The lowest BCUT2D eigenvalue weighted by molar-refractivity contribution is -0.119. The van der Waals surface area contributed by atoms with Crippen molar-refractivity contribution >= 4 is 17.5 Å². The highest BCUT2D eigenvalue weighted by Gasteiger charge is 2.28. The van der Waals surface area contributed by atoms with Crippen LogP contribution in [0.4, 0.5) is 14.5 Å². The lowest BCUT2D eigenvalue weighted by Crippen LogP contribution is -2.37. The quantitative estimate of drug-likeness (QED) is 0.792. The third-order valence-electron chi connectivity index (χ3n) is 3.21. The largest absolute Gasteiger partial charge is 0.398 e. The number of amides is 2. The van der Waals surface area contributed by atoms with Gasteiger partial charge >= 0.3 is 0 Å². The fraction of sp³-hybridized carbons (Fsp3) is 0.385. The molecule has 0 aromatic heterocycles. The molecule has 1 heterocycles. The van der Waals surface area contributed by atoms with E-state index >= 15 is 0 Å². The molecule has 1 aromatic carbocycles. The molecule has 1 unspecified atom stereocenters. The van der Waals surface area contributed by atoms with Crippen molar-refractivity contribution in [2.45, 2.75) is 19.4 Å². The lowest BCUT2D eigenvalue weighted by Gasteiger charge is -2.18. The first-order chi connectivity index (χ1) is 9.38. The van der Waals surface area contributed by atoms with Crippen molar-refractivity contribution in [2.24, 2.45) is 0 Å². The van der Waals surface area contributed by atoms with Crippen molar-refractivity contribution in [3.63, 3.8) is 0 Å². The molecule has 7 heteroatoms. The van der Waals surface area contributed by atoms with Crippen molar-refractivity contribution in [1.29, 1.82) is 0 Å². The van der Waals surface area contributed by atoms with Gasteiger partial charge in [0.2, 0.25) is 5.91 Å². The highest BCUT2D eigenvalue weighted by molar-refractivity contribution is 5.99. The monoisotopic (exact) mass is 283 g/mol. The number of carbonyl (C=O) groups excluding carboxylic acids is 2. The zero-order chi connectivity index (χ0) is 14.9. The summed E-state index contributed by atoms with van der Waals surface area (Å²) < 4.78 is 26.2. The van der Waals surface area contributed by atoms with Crippen LogP contribution in [0.5, 0.6) is 0 Å². The molecule has 0 saturated carbocycles. The third-order valence-corrected chi connectivity index (χ3v) is 3.21. The van der Waals surface area contributed by atoms with Crippen LogP contribution in [-0.4, -0.2) is 35.8 Å². The highest BCUT2D eigenvalue weighted by Crippen LogP contribution is 2.21. The van der Waals surface area contributed by atoms with Crippen molar-refractivity contribution in [3.05, 3.63) is 29.3 Å². The molecule has 0 aliphatic carbocycles. The Morgan fingerprint density at radius 1 is 1.35 bits per heavy atom. The van der Waals surface area contributed by atoms with Gasteiger partial charge in [-0.1, -0.05) is 0 Å². The predicted octanol–water partition coefficient (Wildman–Crippen LogP) is 0.898. The minimum atomic E-state index is -1.11. The number of hydrogen-bond acceptors (Lipinski definition) is 3. The van der Waals surface area contributed by atoms with Gasteiger partial charge in [-0.25, -0.2) is 8.78 Å². The second kappa shape index (κ2) is 5.44. The molecule has 3 N–H and O–H groups in total. The molecule has 20 heavy (non-hydrogen) atoms. The third kappa shape index (κ3) is 2.87. The van der Waals surface area contributed by atoms with Gasteiger partial charge in [0.05, 0.1) is 5.56 Å². The van der Waals surface area contributed by atoms with Gasteiger partial charge in [-0.2, -0.15) is 0 Å². The molecule has 1 aromatic rings. The van der Waals surface area contributed by atoms with Crippen molar-refractivity contribution in [1.82, 2.24) is 10.2 Å². The van der Waals surface area contributed by atoms with Crippen LogP contribution in [0.1, 0.15) is 23.7 Å². The van der Waals surface area contributed by atoms with Crippen LogP contribution >= 0.6 is 0 Å². The molecule has 1 aliphatic rings. The van der Waals surface area contributed by atoms with E-state index in [1.54, 1.807) is 0 Å².